The van der Waals surface area contributed by atoms with E-state index in [1.807, 2.05) is 37.4 Å². The van der Waals surface area contributed by atoms with Crippen LogP contribution in [-0.2, 0) is 0 Å². The third kappa shape index (κ3) is 3.04. The molecule has 2 aromatic rings. The van der Waals surface area contributed by atoms with Gasteiger partial charge in [-0.05, 0) is 29.6 Å². The second kappa shape index (κ2) is 5.79. The third-order valence-electron chi connectivity index (χ3n) is 2.24. The van der Waals surface area contributed by atoms with E-state index in [4.69, 9.17) is 0 Å². The molecular weight excluding hydrogens is 234 g/mol. The zero-order chi connectivity index (χ0) is 12.1. The first-order chi connectivity index (χ1) is 8.31. The zero-order valence-corrected chi connectivity index (χ0v) is 10.7. The normalized spacial score (nSPS) is 12.6. The van der Waals surface area contributed by atoms with Gasteiger partial charge in [0.15, 0.2) is 0 Å². The Balaban J connectivity index is 2.18. The van der Waals surface area contributed by atoms with Crippen LogP contribution in [0.25, 0.3) is 5.69 Å². The summed E-state index contributed by atoms with van der Waals surface area (Å²) >= 11 is 1.66. The summed E-state index contributed by atoms with van der Waals surface area (Å²) in [6, 6.07) is 9.90. The molecule has 6 heteroatoms. The monoisotopic (exact) mass is 249 g/mol. The Hall–Kier alpha value is -1.40. The van der Waals surface area contributed by atoms with Gasteiger partial charge in [-0.15, -0.1) is 5.10 Å². The fraction of sp³-hybridized carbons (Fsp3) is 0.364. The first kappa shape index (κ1) is 12.1. The minimum Gasteiger partial charge on any atom is -0.319 e. The van der Waals surface area contributed by atoms with Crippen LogP contribution in [0.3, 0.4) is 0 Å². The summed E-state index contributed by atoms with van der Waals surface area (Å²) in [7, 11) is 1.94. The number of thioether (sulfide) groups is 1. The van der Waals surface area contributed by atoms with Crippen LogP contribution in [0.2, 0.25) is 0 Å². The summed E-state index contributed by atoms with van der Waals surface area (Å²) in [6.07, 6.45) is 0. The molecule has 0 saturated heterocycles. The lowest BCUT2D eigenvalue weighted by Gasteiger charge is -2.09. The molecule has 5 nitrogen and oxygen atoms in total. The van der Waals surface area contributed by atoms with Gasteiger partial charge in [0, 0.05) is 11.8 Å². The molecule has 1 aromatic heterocycles. The Kier molecular flexibility index (Phi) is 4.11. The van der Waals surface area contributed by atoms with E-state index < -0.39 is 0 Å². The Morgan fingerprint density at radius 2 is 2.12 bits per heavy atom. The number of hydrogen-bond acceptors (Lipinski definition) is 5. The molecule has 1 atom stereocenters. The van der Waals surface area contributed by atoms with Crippen molar-refractivity contribution in [3.63, 3.8) is 0 Å². The number of nitrogens with one attached hydrogen (secondary N) is 1. The predicted molar refractivity (Wildman–Crippen MR) is 68.4 cm³/mol. The Labute approximate surface area is 105 Å². The minimum atomic E-state index is 0.425. The van der Waals surface area contributed by atoms with Crippen LogP contribution in [0.5, 0.6) is 0 Å². The highest BCUT2D eigenvalue weighted by Gasteiger charge is 2.12. The van der Waals surface area contributed by atoms with E-state index in [0.717, 1.165) is 17.4 Å². The van der Waals surface area contributed by atoms with Crippen molar-refractivity contribution in [2.45, 2.75) is 17.3 Å². The summed E-state index contributed by atoms with van der Waals surface area (Å²) in [5.41, 5.74) is 0.983. The maximum atomic E-state index is 4.05. The Morgan fingerprint density at radius 3 is 2.82 bits per heavy atom. The van der Waals surface area contributed by atoms with Crippen LogP contribution in [0.4, 0.5) is 0 Å². The van der Waals surface area contributed by atoms with Crippen molar-refractivity contribution in [3.05, 3.63) is 30.3 Å². The van der Waals surface area contributed by atoms with Crippen LogP contribution in [0.15, 0.2) is 35.5 Å². The van der Waals surface area contributed by atoms with Gasteiger partial charge in [0.05, 0.1) is 5.69 Å². The molecule has 90 valence electrons. The quantitative estimate of drug-likeness (QED) is 0.811. The average molecular weight is 249 g/mol. The number of aromatic nitrogens is 4. The minimum absolute atomic E-state index is 0.425. The smallest absolute Gasteiger partial charge is 0.214 e. The molecule has 0 spiro atoms. The van der Waals surface area contributed by atoms with E-state index in [1.165, 1.54) is 0 Å². The number of tetrazole rings is 1. The molecule has 0 bridgehead atoms. The summed E-state index contributed by atoms with van der Waals surface area (Å²) in [6.45, 7) is 3.07. The van der Waals surface area contributed by atoms with E-state index in [0.29, 0.717) is 5.25 Å². The second-order valence-corrected chi connectivity index (χ2v) is 5.10. The van der Waals surface area contributed by atoms with Gasteiger partial charge in [-0.1, -0.05) is 36.9 Å². The van der Waals surface area contributed by atoms with E-state index >= 15 is 0 Å². The molecule has 1 unspecified atom stereocenters. The molecule has 0 radical (unpaired) electrons. The number of rotatable bonds is 5. The van der Waals surface area contributed by atoms with Gasteiger partial charge in [-0.25, -0.2) is 0 Å². The zero-order valence-electron chi connectivity index (χ0n) is 9.87. The lowest BCUT2D eigenvalue weighted by atomic mass is 10.3. The summed E-state index contributed by atoms with van der Waals surface area (Å²) in [4.78, 5) is 0. The molecule has 1 aromatic carbocycles. The first-order valence-electron chi connectivity index (χ1n) is 5.46. The molecule has 1 heterocycles. The average Bonchev–Trinajstić information content (AvgIpc) is 2.78. The highest BCUT2D eigenvalue weighted by molar-refractivity contribution is 7.99. The maximum absolute atomic E-state index is 4.05. The molecule has 0 amide bonds. The number of hydrogen-bond donors (Lipinski definition) is 1. The van der Waals surface area contributed by atoms with Gasteiger partial charge in [-0.3, -0.25) is 0 Å². The van der Waals surface area contributed by atoms with E-state index in [-0.39, 0.29) is 0 Å². The maximum Gasteiger partial charge on any atom is 0.214 e. The van der Waals surface area contributed by atoms with Crippen molar-refractivity contribution in [3.8, 4) is 5.69 Å². The van der Waals surface area contributed by atoms with Gasteiger partial charge < -0.3 is 5.32 Å². The van der Waals surface area contributed by atoms with Crippen LogP contribution >= 0.6 is 11.8 Å². The van der Waals surface area contributed by atoms with Crippen LogP contribution < -0.4 is 5.32 Å². The topological polar surface area (TPSA) is 55.6 Å². The second-order valence-electron chi connectivity index (χ2n) is 3.69. The largest absolute Gasteiger partial charge is 0.319 e. The molecule has 2 rings (SSSR count). The molecular formula is C11H15N5S. The van der Waals surface area contributed by atoms with Crippen LogP contribution in [0.1, 0.15) is 6.92 Å². The lowest BCUT2D eigenvalue weighted by Crippen LogP contribution is -2.18. The fourth-order valence-corrected chi connectivity index (χ4v) is 2.43. The highest BCUT2D eigenvalue weighted by atomic mass is 32.2. The van der Waals surface area contributed by atoms with E-state index in [9.17, 15) is 0 Å². The summed E-state index contributed by atoms with van der Waals surface area (Å²) in [5, 5.41) is 16.2. The Morgan fingerprint density at radius 1 is 1.35 bits per heavy atom. The van der Waals surface area contributed by atoms with Crippen molar-refractivity contribution in [1.29, 1.82) is 0 Å². The van der Waals surface area contributed by atoms with Gasteiger partial charge in [0.2, 0.25) is 5.16 Å². The fourth-order valence-electron chi connectivity index (χ4n) is 1.49. The summed E-state index contributed by atoms with van der Waals surface area (Å²) < 4.78 is 1.76. The van der Waals surface area contributed by atoms with Crippen molar-refractivity contribution in [2.24, 2.45) is 0 Å². The molecule has 17 heavy (non-hydrogen) atoms. The van der Waals surface area contributed by atoms with Crippen LogP contribution in [0, 0.1) is 0 Å². The van der Waals surface area contributed by atoms with Crippen molar-refractivity contribution < 1.29 is 0 Å². The molecule has 0 saturated carbocycles. The van der Waals surface area contributed by atoms with Crippen molar-refractivity contribution >= 4 is 11.8 Å². The molecule has 0 aliphatic carbocycles. The third-order valence-corrected chi connectivity index (χ3v) is 3.27. The molecule has 0 aliphatic heterocycles. The molecule has 0 fully saturated rings. The molecule has 1 N–H and O–H groups in total. The van der Waals surface area contributed by atoms with Gasteiger partial charge >= 0.3 is 0 Å². The highest BCUT2D eigenvalue weighted by Crippen LogP contribution is 2.21. The van der Waals surface area contributed by atoms with Crippen LogP contribution in [-0.4, -0.2) is 39.0 Å². The SMILES string of the molecule is CNCC(C)Sc1nnnn1-c1ccccc1. The number of para-hydroxylation sites is 1. The van der Waals surface area contributed by atoms with E-state index in [2.05, 4.69) is 27.8 Å². The lowest BCUT2D eigenvalue weighted by molar-refractivity contribution is 0.747. The summed E-state index contributed by atoms with van der Waals surface area (Å²) in [5.74, 6) is 0. The van der Waals surface area contributed by atoms with E-state index in [1.54, 1.807) is 16.4 Å². The van der Waals surface area contributed by atoms with Crippen molar-refractivity contribution in [1.82, 2.24) is 25.5 Å². The number of nitrogens with zero attached hydrogens (tertiary/aromatic N) is 4. The van der Waals surface area contributed by atoms with Gasteiger partial charge in [0.25, 0.3) is 0 Å². The van der Waals surface area contributed by atoms with Gasteiger partial charge in [0.1, 0.15) is 0 Å². The standard InChI is InChI=1S/C11H15N5S/c1-9(8-12-2)17-11-13-14-15-16(11)10-6-4-3-5-7-10/h3-7,9,12H,8H2,1-2H3. The van der Waals surface area contributed by atoms with Gasteiger partial charge in [-0.2, -0.15) is 4.68 Å². The predicted octanol–water partition coefficient (Wildman–Crippen LogP) is 1.36. The van der Waals surface area contributed by atoms with Crippen molar-refractivity contribution in [2.75, 3.05) is 13.6 Å². The number of benzene rings is 1. The Bertz CT molecular complexity index is 456. The molecule has 0 aliphatic rings. The first-order valence-corrected chi connectivity index (χ1v) is 6.34.